The van der Waals surface area contributed by atoms with Crippen LogP contribution in [0.3, 0.4) is 0 Å². The summed E-state index contributed by atoms with van der Waals surface area (Å²) < 4.78 is 1.93. The fourth-order valence-electron chi connectivity index (χ4n) is 3.33. The maximum atomic E-state index is 6.17. The standard InChI is InChI=1S/C19H19ClN4S/c1-12-11-13(20)6-7-14(12)18-16-17(15-5-3-4-8-21-15)24(2)23-19(16)22-9-10-25-18/h3-8,11,18H,9-10H2,1-2H3,(H,22,23). The zero-order chi connectivity index (χ0) is 17.4. The molecule has 1 atom stereocenters. The number of fused-ring (bicyclic) bond motifs is 1. The van der Waals surface area contributed by atoms with Crippen molar-refractivity contribution in [2.45, 2.75) is 12.2 Å². The monoisotopic (exact) mass is 370 g/mol. The molecule has 0 aliphatic carbocycles. The largest absolute Gasteiger partial charge is 0.367 e. The van der Waals surface area contributed by atoms with Crippen LogP contribution < -0.4 is 5.32 Å². The zero-order valence-corrected chi connectivity index (χ0v) is 15.7. The van der Waals surface area contributed by atoms with Crippen LogP contribution in [0, 0.1) is 6.92 Å². The van der Waals surface area contributed by atoms with Gasteiger partial charge in [0.1, 0.15) is 0 Å². The van der Waals surface area contributed by atoms with Crippen LogP contribution >= 0.6 is 23.4 Å². The molecule has 1 unspecified atom stereocenters. The van der Waals surface area contributed by atoms with Crippen LogP contribution in [-0.2, 0) is 7.05 Å². The van der Waals surface area contributed by atoms with E-state index in [2.05, 4.69) is 23.3 Å². The maximum Gasteiger partial charge on any atom is 0.153 e. The molecule has 1 aliphatic rings. The third kappa shape index (κ3) is 3.02. The van der Waals surface area contributed by atoms with E-state index < -0.39 is 0 Å². The number of nitrogens with one attached hydrogen (secondary N) is 1. The maximum absolute atomic E-state index is 6.17. The van der Waals surface area contributed by atoms with Gasteiger partial charge in [-0.1, -0.05) is 23.7 Å². The number of halogens is 1. The van der Waals surface area contributed by atoms with Crippen molar-refractivity contribution in [2.24, 2.45) is 7.05 Å². The fraction of sp³-hybridized carbons (Fsp3) is 0.263. The van der Waals surface area contributed by atoms with E-state index in [9.17, 15) is 0 Å². The van der Waals surface area contributed by atoms with Crippen LogP contribution in [0.4, 0.5) is 5.82 Å². The minimum absolute atomic E-state index is 0.202. The van der Waals surface area contributed by atoms with E-state index >= 15 is 0 Å². The lowest BCUT2D eigenvalue weighted by Crippen LogP contribution is -2.04. The summed E-state index contributed by atoms with van der Waals surface area (Å²) in [6.07, 6.45) is 1.83. The van der Waals surface area contributed by atoms with Gasteiger partial charge in [0.25, 0.3) is 0 Å². The van der Waals surface area contributed by atoms with Crippen LogP contribution in [0.5, 0.6) is 0 Å². The Hall–Kier alpha value is -1.98. The molecule has 0 saturated carbocycles. The second-order valence-corrected chi connectivity index (χ2v) is 7.78. The molecular weight excluding hydrogens is 352 g/mol. The molecule has 3 heterocycles. The minimum Gasteiger partial charge on any atom is -0.367 e. The summed E-state index contributed by atoms with van der Waals surface area (Å²) >= 11 is 8.11. The van der Waals surface area contributed by atoms with Crippen LogP contribution in [0.1, 0.15) is 21.9 Å². The Bertz CT molecular complexity index is 907. The zero-order valence-electron chi connectivity index (χ0n) is 14.2. The molecule has 1 aliphatic heterocycles. The number of pyridine rings is 1. The summed E-state index contributed by atoms with van der Waals surface area (Å²) in [7, 11) is 1.98. The number of rotatable bonds is 2. The number of hydrogen-bond donors (Lipinski definition) is 1. The Morgan fingerprint density at radius 1 is 1.28 bits per heavy atom. The molecule has 2 aromatic heterocycles. The normalized spacial score (nSPS) is 16.8. The Morgan fingerprint density at radius 3 is 2.92 bits per heavy atom. The number of anilines is 1. The lowest BCUT2D eigenvalue weighted by Gasteiger charge is -2.19. The predicted octanol–water partition coefficient (Wildman–Crippen LogP) is 4.69. The molecule has 0 bridgehead atoms. The van der Waals surface area contributed by atoms with Gasteiger partial charge in [-0.2, -0.15) is 5.10 Å². The molecule has 1 N–H and O–H groups in total. The molecule has 0 amide bonds. The van der Waals surface area contributed by atoms with Gasteiger partial charge in [0.15, 0.2) is 5.82 Å². The highest BCUT2D eigenvalue weighted by atomic mass is 35.5. The Morgan fingerprint density at radius 2 is 2.16 bits per heavy atom. The van der Waals surface area contributed by atoms with Gasteiger partial charge in [0.2, 0.25) is 0 Å². The van der Waals surface area contributed by atoms with E-state index in [1.54, 1.807) is 0 Å². The van der Waals surface area contributed by atoms with Crippen LogP contribution in [-0.4, -0.2) is 27.1 Å². The molecule has 4 rings (SSSR count). The van der Waals surface area contributed by atoms with E-state index in [0.717, 1.165) is 34.5 Å². The van der Waals surface area contributed by atoms with Gasteiger partial charge < -0.3 is 5.32 Å². The van der Waals surface area contributed by atoms with Gasteiger partial charge >= 0.3 is 0 Å². The highest BCUT2D eigenvalue weighted by molar-refractivity contribution is 7.99. The van der Waals surface area contributed by atoms with E-state index in [4.69, 9.17) is 16.7 Å². The summed E-state index contributed by atoms with van der Waals surface area (Å²) in [6.45, 7) is 3.02. The smallest absolute Gasteiger partial charge is 0.153 e. The molecule has 3 aromatic rings. The molecule has 0 fully saturated rings. The molecule has 25 heavy (non-hydrogen) atoms. The van der Waals surface area contributed by atoms with Crippen LogP contribution in [0.25, 0.3) is 11.4 Å². The minimum atomic E-state index is 0.202. The second-order valence-electron chi connectivity index (χ2n) is 6.13. The van der Waals surface area contributed by atoms with E-state index in [-0.39, 0.29) is 5.25 Å². The fourth-order valence-corrected chi connectivity index (χ4v) is 4.85. The van der Waals surface area contributed by atoms with Crippen LogP contribution in [0.15, 0.2) is 42.6 Å². The SMILES string of the molecule is Cc1cc(Cl)ccc1C1SCCNc2nn(C)c(-c3ccccn3)c21. The lowest BCUT2D eigenvalue weighted by molar-refractivity contribution is 0.773. The van der Waals surface area contributed by atoms with Gasteiger partial charge in [-0.25, -0.2) is 0 Å². The average molecular weight is 371 g/mol. The first-order chi connectivity index (χ1) is 12.1. The molecule has 1 aromatic carbocycles. The molecule has 0 saturated heterocycles. The number of thioether (sulfide) groups is 1. The molecular formula is C19H19ClN4S. The first-order valence-corrected chi connectivity index (χ1v) is 9.67. The molecule has 128 valence electrons. The quantitative estimate of drug-likeness (QED) is 0.710. The summed E-state index contributed by atoms with van der Waals surface area (Å²) in [4.78, 5) is 4.57. The van der Waals surface area contributed by atoms with E-state index in [1.165, 1.54) is 16.7 Å². The van der Waals surface area contributed by atoms with Gasteiger partial charge in [-0.05, 0) is 42.3 Å². The molecule has 4 nitrogen and oxygen atoms in total. The molecule has 0 spiro atoms. The van der Waals surface area contributed by atoms with Crippen molar-refractivity contribution in [3.8, 4) is 11.4 Å². The number of benzene rings is 1. The number of aryl methyl sites for hydroxylation is 2. The van der Waals surface area contributed by atoms with Gasteiger partial charge in [-0.3, -0.25) is 9.67 Å². The topological polar surface area (TPSA) is 42.7 Å². The highest BCUT2D eigenvalue weighted by Crippen LogP contribution is 2.46. The summed E-state index contributed by atoms with van der Waals surface area (Å²) in [6, 6.07) is 12.1. The number of hydrogen-bond acceptors (Lipinski definition) is 4. The van der Waals surface area contributed by atoms with Crippen molar-refractivity contribution in [2.75, 3.05) is 17.6 Å². The number of aromatic nitrogens is 3. The Labute approximate surface area is 156 Å². The van der Waals surface area contributed by atoms with Crippen LogP contribution in [0.2, 0.25) is 5.02 Å². The highest BCUT2D eigenvalue weighted by Gasteiger charge is 2.30. The third-order valence-corrected chi connectivity index (χ3v) is 5.94. The van der Waals surface area contributed by atoms with Crippen molar-refractivity contribution in [1.82, 2.24) is 14.8 Å². The Balaban J connectivity index is 1.93. The molecule has 0 radical (unpaired) electrons. The second kappa shape index (κ2) is 6.73. The Kier molecular flexibility index (Phi) is 4.44. The van der Waals surface area contributed by atoms with E-state index in [0.29, 0.717) is 0 Å². The summed E-state index contributed by atoms with van der Waals surface area (Å²) in [5, 5.41) is 9.19. The summed E-state index contributed by atoms with van der Waals surface area (Å²) in [5.74, 6) is 1.97. The van der Waals surface area contributed by atoms with Crippen molar-refractivity contribution >= 4 is 29.2 Å². The summed E-state index contributed by atoms with van der Waals surface area (Å²) in [5.41, 5.74) is 5.70. The predicted molar refractivity (Wildman–Crippen MR) is 105 cm³/mol. The third-order valence-electron chi connectivity index (χ3n) is 4.45. The van der Waals surface area contributed by atoms with Gasteiger partial charge in [-0.15, -0.1) is 11.8 Å². The van der Waals surface area contributed by atoms with Crippen molar-refractivity contribution < 1.29 is 0 Å². The van der Waals surface area contributed by atoms with Gasteiger partial charge in [0, 0.05) is 36.1 Å². The van der Waals surface area contributed by atoms with Crippen molar-refractivity contribution in [3.63, 3.8) is 0 Å². The first kappa shape index (κ1) is 16.5. The van der Waals surface area contributed by atoms with E-state index in [1.807, 2.05) is 60.0 Å². The lowest BCUT2D eigenvalue weighted by atomic mass is 9.98. The van der Waals surface area contributed by atoms with Crippen molar-refractivity contribution in [1.29, 1.82) is 0 Å². The molecule has 6 heteroatoms. The average Bonchev–Trinajstić information content (AvgIpc) is 2.80. The van der Waals surface area contributed by atoms with Crippen molar-refractivity contribution in [3.05, 3.63) is 64.3 Å². The van der Waals surface area contributed by atoms with Gasteiger partial charge in [0.05, 0.1) is 16.6 Å². The number of nitrogens with zero attached hydrogens (tertiary/aromatic N) is 3. The first-order valence-electron chi connectivity index (χ1n) is 8.25.